The molecule has 1 saturated carbocycles. The second-order valence-electron chi connectivity index (χ2n) is 12.5. The molecule has 0 unspecified atom stereocenters. The van der Waals surface area contributed by atoms with Crippen LogP contribution in [-0.4, -0.2) is 16.1 Å². The standard InChI is InChI=1S/C32H41N.C8H16O2/c1-2-3-4-5-6-7-8-9-12-26-15-24-32(33-25-26)31-22-20-30(21-23-31)29-18-16-28(17-19-29)27-13-10-11-14-27;1-2-3-4-5-6-7-8(9)10/h15-25,27H,2-14H2,1H3;2-7H2,1H3,(H,9,10). The van der Waals surface area contributed by atoms with Crippen LogP contribution in [0.4, 0.5) is 0 Å². The third kappa shape index (κ3) is 13.5. The van der Waals surface area contributed by atoms with Crippen LogP contribution in [0.2, 0.25) is 0 Å². The molecule has 3 aromatic rings. The number of rotatable bonds is 18. The minimum atomic E-state index is -0.670. The Bertz CT molecular complexity index is 1130. The summed E-state index contributed by atoms with van der Waals surface area (Å²) in [4.78, 5) is 14.8. The van der Waals surface area contributed by atoms with Crippen LogP contribution in [0.15, 0.2) is 66.9 Å². The predicted octanol–water partition coefficient (Wildman–Crippen LogP) is 12.2. The maximum absolute atomic E-state index is 10.0. The molecule has 0 amide bonds. The Morgan fingerprint density at radius 2 is 1.16 bits per heavy atom. The number of carboxylic acid groups (broad SMARTS) is 1. The molecule has 0 saturated heterocycles. The highest BCUT2D eigenvalue weighted by Crippen LogP contribution is 2.35. The van der Waals surface area contributed by atoms with Gasteiger partial charge in [-0.05, 0) is 66.3 Å². The fraction of sp³-hybridized carbons (Fsp3) is 0.550. The average molecular weight is 584 g/mol. The van der Waals surface area contributed by atoms with Crippen molar-refractivity contribution >= 4 is 5.97 Å². The van der Waals surface area contributed by atoms with Gasteiger partial charge in [-0.25, -0.2) is 0 Å². The Kier molecular flexibility index (Phi) is 16.8. The van der Waals surface area contributed by atoms with E-state index in [1.165, 1.54) is 124 Å². The summed E-state index contributed by atoms with van der Waals surface area (Å²) in [5.41, 5.74) is 7.73. The number of aliphatic carboxylic acids is 1. The van der Waals surface area contributed by atoms with Gasteiger partial charge in [0, 0.05) is 18.2 Å². The van der Waals surface area contributed by atoms with Gasteiger partial charge in [0.15, 0.2) is 0 Å². The van der Waals surface area contributed by atoms with Crippen LogP contribution < -0.4 is 0 Å². The number of benzene rings is 2. The Balaban J connectivity index is 0.000000436. The van der Waals surface area contributed by atoms with E-state index in [1.807, 2.05) is 0 Å². The molecule has 1 aromatic heterocycles. The summed E-state index contributed by atoms with van der Waals surface area (Å²) in [6.07, 6.45) is 25.6. The van der Waals surface area contributed by atoms with Gasteiger partial charge in [0.1, 0.15) is 0 Å². The SMILES string of the molecule is CCCCCCCC(=O)O.CCCCCCCCCCc1ccc(-c2ccc(-c3ccc(C4CCCC4)cc3)cc2)nc1. The highest BCUT2D eigenvalue weighted by Gasteiger charge is 2.16. The zero-order chi connectivity index (χ0) is 30.5. The molecule has 3 nitrogen and oxygen atoms in total. The summed E-state index contributed by atoms with van der Waals surface area (Å²) < 4.78 is 0. The van der Waals surface area contributed by atoms with Crippen LogP contribution >= 0.6 is 0 Å². The first-order valence-corrected chi connectivity index (χ1v) is 17.5. The van der Waals surface area contributed by atoms with E-state index in [-0.39, 0.29) is 0 Å². The number of hydrogen-bond acceptors (Lipinski definition) is 2. The first-order chi connectivity index (χ1) is 21.1. The van der Waals surface area contributed by atoms with E-state index < -0.39 is 5.97 Å². The normalized spacial score (nSPS) is 13.1. The van der Waals surface area contributed by atoms with Gasteiger partial charge in [0.05, 0.1) is 5.69 Å². The Morgan fingerprint density at radius 3 is 1.70 bits per heavy atom. The van der Waals surface area contributed by atoms with E-state index in [1.54, 1.807) is 0 Å². The summed E-state index contributed by atoms with van der Waals surface area (Å²) in [6, 6.07) is 22.6. The van der Waals surface area contributed by atoms with Crippen molar-refractivity contribution in [3.63, 3.8) is 0 Å². The van der Waals surface area contributed by atoms with Gasteiger partial charge in [0.2, 0.25) is 0 Å². The number of unbranched alkanes of at least 4 members (excludes halogenated alkanes) is 11. The molecule has 0 radical (unpaired) electrons. The third-order valence-corrected chi connectivity index (χ3v) is 8.89. The molecule has 0 spiro atoms. The second kappa shape index (κ2) is 20.9. The molecule has 1 aliphatic carbocycles. The molecule has 1 heterocycles. The average Bonchev–Trinajstić information content (AvgIpc) is 3.58. The van der Waals surface area contributed by atoms with Crippen LogP contribution in [0.1, 0.15) is 146 Å². The number of nitrogens with zero attached hydrogens (tertiary/aromatic N) is 1. The van der Waals surface area contributed by atoms with E-state index >= 15 is 0 Å². The van der Waals surface area contributed by atoms with Crippen LogP contribution in [0.5, 0.6) is 0 Å². The van der Waals surface area contributed by atoms with Crippen LogP contribution in [0.3, 0.4) is 0 Å². The van der Waals surface area contributed by atoms with E-state index in [4.69, 9.17) is 10.1 Å². The van der Waals surface area contributed by atoms with Crippen molar-refractivity contribution in [1.82, 2.24) is 4.98 Å². The molecule has 43 heavy (non-hydrogen) atoms. The maximum Gasteiger partial charge on any atom is 0.303 e. The van der Waals surface area contributed by atoms with Gasteiger partial charge in [-0.2, -0.15) is 0 Å². The number of pyridine rings is 1. The van der Waals surface area contributed by atoms with Gasteiger partial charge < -0.3 is 5.11 Å². The molecule has 0 bridgehead atoms. The highest BCUT2D eigenvalue weighted by molar-refractivity contribution is 5.69. The van der Waals surface area contributed by atoms with Crippen molar-refractivity contribution in [2.24, 2.45) is 0 Å². The van der Waals surface area contributed by atoms with Gasteiger partial charge in [-0.3, -0.25) is 9.78 Å². The van der Waals surface area contributed by atoms with E-state index in [2.05, 4.69) is 80.7 Å². The number of aryl methyl sites for hydroxylation is 1. The Hall–Kier alpha value is -2.94. The second-order valence-corrected chi connectivity index (χ2v) is 12.5. The quantitative estimate of drug-likeness (QED) is 0.152. The van der Waals surface area contributed by atoms with Crippen LogP contribution in [0, 0.1) is 0 Å². The van der Waals surface area contributed by atoms with Crippen molar-refractivity contribution < 1.29 is 9.90 Å². The summed E-state index contributed by atoms with van der Waals surface area (Å²) in [7, 11) is 0. The topological polar surface area (TPSA) is 50.2 Å². The fourth-order valence-corrected chi connectivity index (χ4v) is 6.13. The van der Waals surface area contributed by atoms with Crippen molar-refractivity contribution in [3.8, 4) is 22.4 Å². The Morgan fingerprint density at radius 1 is 0.651 bits per heavy atom. The minimum absolute atomic E-state index is 0.337. The molecule has 2 aromatic carbocycles. The molecular formula is C40H57NO2. The van der Waals surface area contributed by atoms with E-state index in [0.29, 0.717) is 6.42 Å². The van der Waals surface area contributed by atoms with Gasteiger partial charge in [-0.1, -0.05) is 152 Å². The lowest BCUT2D eigenvalue weighted by Crippen LogP contribution is -1.93. The number of carbonyl (C=O) groups is 1. The lowest BCUT2D eigenvalue weighted by molar-refractivity contribution is -0.137. The molecule has 0 atom stereocenters. The lowest BCUT2D eigenvalue weighted by Gasteiger charge is -2.11. The molecule has 1 aliphatic rings. The molecule has 234 valence electrons. The largest absolute Gasteiger partial charge is 0.481 e. The van der Waals surface area contributed by atoms with Gasteiger partial charge >= 0.3 is 5.97 Å². The predicted molar refractivity (Wildman–Crippen MR) is 184 cm³/mol. The zero-order valence-electron chi connectivity index (χ0n) is 27.2. The van der Waals surface area contributed by atoms with Gasteiger partial charge in [-0.15, -0.1) is 0 Å². The maximum atomic E-state index is 10.0. The first-order valence-electron chi connectivity index (χ1n) is 17.5. The fourth-order valence-electron chi connectivity index (χ4n) is 6.13. The molecular weight excluding hydrogens is 526 g/mol. The van der Waals surface area contributed by atoms with Crippen molar-refractivity contribution in [1.29, 1.82) is 0 Å². The number of carboxylic acids is 1. The lowest BCUT2D eigenvalue weighted by atomic mass is 9.95. The molecule has 4 rings (SSSR count). The molecule has 3 heteroatoms. The Labute approximate surface area is 262 Å². The van der Waals surface area contributed by atoms with Crippen molar-refractivity contribution in [2.75, 3.05) is 0 Å². The monoisotopic (exact) mass is 583 g/mol. The summed E-state index contributed by atoms with van der Waals surface area (Å²) in [6.45, 7) is 4.43. The summed E-state index contributed by atoms with van der Waals surface area (Å²) >= 11 is 0. The van der Waals surface area contributed by atoms with Crippen molar-refractivity contribution in [3.05, 3.63) is 78.0 Å². The zero-order valence-corrected chi connectivity index (χ0v) is 27.2. The number of aromatic nitrogens is 1. The molecule has 0 aliphatic heterocycles. The van der Waals surface area contributed by atoms with Crippen LogP contribution in [-0.2, 0) is 11.2 Å². The highest BCUT2D eigenvalue weighted by atomic mass is 16.4. The van der Waals surface area contributed by atoms with Gasteiger partial charge in [0.25, 0.3) is 0 Å². The van der Waals surface area contributed by atoms with E-state index in [9.17, 15) is 4.79 Å². The number of hydrogen-bond donors (Lipinski definition) is 1. The minimum Gasteiger partial charge on any atom is -0.481 e. The molecule has 1 fully saturated rings. The van der Waals surface area contributed by atoms with Crippen LogP contribution in [0.25, 0.3) is 22.4 Å². The first kappa shape index (κ1) is 34.5. The van der Waals surface area contributed by atoms with Crippen molar-refractivity contribution in [2.45, 2.75) is 142 Å². The summed E-state index contributed by atoms with van der Waals surface area (Å²) in [5, 5.41) is 8.27. The summed E-state index contributed by atoms with van der Waals surface area (Å²) in [5.74, 6) is 0.113. The molecule has 1 N–H and O–H groups in total. The van der Waals surface area contributed by atoms with E-state index in [0.717, 1.165) is 30.9 Å². The smallest absolute Gasteiger partial charge is 0.303 e. The third-order valence-electron chi connectivity index (χ3n) is 8.89.